The van der Waals surface area contributed by atoms with E-state index < -0.39 is 15.6 Å². The first-order chi connectivity index (χ1) is 5.91. The maximum absolute atomic E-state index is 8.55. The van der Waals surface area contributed by atoms with Crippen molar-refractivity contribution in [3.05, 3.63) is 0 Å². The van der Waals surface area contributed by atoms with E-state index in [1.807, 2.05) is 0 Å². The molecule has 0 fully saturated rings. The van der Waals surface area contributed by atoms with E-state index in [4.69, 9.17) is 49.3 Å². The standard InChI is InChI=1S/C2H7NO.3Mn.2H3O4P/c3-1-2-4;;;;2*1-5(2,3)4/h4H,1-3H2;;;;2*(H3,1,2,3,4)/q;3*+2;;/p-6. The zero-order valence-corrected chi connectivity index (χ0v) is 13.1. The number of aliphatic hydroxyl groups is 1. The van der Waals surface area contributed by atoms with Crippen LogP contribution in [0.25, 0.3) is 0 Å². The number of aliphatic hydroxyl groups excluding tert-OH is 1. The zero-order valence-electron chi connectivity index (χ0n) is 7.73. The molecule has 0 unspecified atom stereocenters. The van der Waals surface area contributed by atoms with E-state index in [2.05, 4.69) is 0 Å². The van der Waals surface area contributed by atoms with Crippen molar-refractivity contribution >= 4 is 15.6 Å². The molecule has 0 heterocycles. The summed E-state index contributed by atoms with van der Waals surface area (Å²) in [5, 5.41) is 7.75. The number of hydrogen-bond acceptors (Lipinski definition) is 10. The summed E-state index contributed by atoms with van der Waals surface area (Å²) in [6.45, 7) is 0.472. The third-order valence-electron chi connectivity index (χ3n) is 0.129. The molecule has 0 saturated heterocycles. The Morgan fingerprint density at radius 3 is 0.882 bits per heavy atom. The van der Waals surface area contributed by atoms with E-state index in [0.717, 1.165) is 0 Å². The molecule has 0 aliphatic carbocycles. The van der Waals surface area contributed by atoms with Crippen LogP contribution in [-0.4, -0.2) is 18.3 Å². The van der Waals surface area contributed by atoms with Crippen LogP contribution in [0.1, 0.15) is 0 Å². The molecule has 0 aromatic carbocycles. The van der Waals surface area contributed by atoms with Gasteiger partial charge in [0.05, 0.1) is 6.61 Å². The van der Waals surface area contributed by atoms with Crippen molar-refractivity contribution in [1.82, 2.24) is 0 Å². The molecular weight excluding hydrogens is 409 g/mol. The van der Waals surface area contributed by atoms with E-state index >= 15 is 0 Å². The molecule has 0 aromatic heterocycles. The van der Waals surface area contributed by atoms with Crippen molar-refractivity contribution in [2.24, 2.45) is 5.73 Å². The van der Waals surface area contributed by atoms with Gasteiger partial charge in [-0.15, -0.1) is 0 Å². The first kappa shape index (κ1) is 36.3. The average Bonchev–Trinajstić information content (AvgIpc) is 1.79. The maximum Gasteiger partial charge on any atom is 2.00 e. The Morgan fingerprint density at radius 2 is 0.882 bits per heavy atom. The molecule has 17 heavy (non-hydrogen) atoms. The number of hydrogen-bond donors (Lipinski definition) is 2. The van der Waals surface area contributed by atoms with Gasteiger partial charge in [-0.05, 0) is 0 Å². The third kappa shape index (κ3) is 599. The minimum atomic E-state index is -5.39. The molecule has 105 valence electrons. The summed E-state index contributed by atoms with van der Waals surface area (Å²) in [6.07, 6.45) is 0. The van der Waals surface area contributed by atoms with Crippen LogP contribution >= 0.6 is 15.6 Å². The van der Waals surface area contributed by atoms with Crippen LogP contribution in [0.3, 0.4) is 0 Å². The second-order valence-electron chi connectivity index (χ2n) is 1.41. The molecule has 0 aliphatic rings. The zero-order chi connectivity index (χ0) is 12.4. The van der Waals surface area contributed by atoms with Gasteiger partial charge >= 0.3 is 51.2 Å². The van der Waals surface area contributed by atoms with Gasteiger partial charge in [-0.25, -0.2) is 0 Å². The largest absolute Gasteiger partial charge is 2.00 e. The number of rotatable bonds is 1. The molecule has 0 bridgehead atoms. The van der Waals surface area contributed by atoms with Gasteiger partial charge in [-0.2, -0.15) is 15.6 Å². The maximum atomic E-state index is 8.55. The van der Waals surface area contributed by atoms with Crippen LogP contribution in [0.4, 0.5) is 0 Å². The Balaban J connectivity index is -0.0000000247. The predicted octanol–water partition coefficient (Wildman–Crippen LogP) is -6.72. The summed E-state index contributed by atoms with van der Waals surface area (Å²) in [6, 6.07) is 0. The van der Waals surface area contributed by atoms with Crippen molar-refractivity contribution in [2.75, 3.05) is 13.2 Å². The monoisotopic (exact) mass is 416 g/mol. The topological polar surface area (TPSA) is 219 Å². The molecule has 3 N–H and O–H groups in total. The predicted molar refractivity (Wildman–Crippen MR) is 31.4 cm³/mol. The molecule has 0 rings (SSSR count). The van der Waals surface area contributed by atoms with E-state index in [1.165, 1.54) is 0 Å². The van der Waals surface area contributed by atoms with Gasteiger partial charge in [0.1, 0.15) is 0 Å². The Bertz CT molecular complexity index is 166. The molecular formula is C2H7Mn3NO9P2. The molecule has 0 spiro atoms. The third-order valence-corrected chi connectivity index (χ3v) is 0.129. The minimum absolute atomic E-state index is 0. The molecule has 0 saturated carbocycles. The molecule has 0 aliphatic heterocycles. The van der Waals surface area contributed by atoms with Crippen molar-refractivity contribution in [3.8, 4) is 0 Å². The number of phosphoric acid groups is 2. The van der Waals surface area contributed by atoms with Crippen LogP contribution in [0.15, 0.2) is 0 Å². The Labute approximate surface area is 129 Å². The van der Waals surface area contributed by atoms with Crippen LogP contribution in [0.5, 0.6) is 0 Å². The fourth-order valence-electron chi connectivity index (χ4n) is 0. The second-order valence-corrected chi connectivity index (χ2v) is 3.20. The SMILES string of the molecule is NCCO.O=P([O-])([O-])[O-].O=P([O-])([O-])[O-].[Mn+2].[Mn+2].[Mn+2]. The molecule has 0 atom stereocenters. The van der Waals surface area contributed by atoms with Gasteiger partial charge in [-0.1, -0.05) is 0 Å². The van der Waals surface area contributed by atoms with Crippen molar-refractivity contribution in [3.63, 3.8) is 0 Å². The quantitative estimate of drug-likeness (QED) is 0.304. The fourth-order valence-corrected chi connectivity index (χ4v) is 0. The van der Waals surface area contributed by atoms with E-state index in [0.29, 0.717) is 6.54 Å². The van der Waals surface area contributed by atoms with E-state index in [9.17, 15) is 0 Å². The molecule has 0 aromatic rings. The van der Waals surface area contributed by atoms with Gasteiger partial charge in [-0.3, -0.25) is 0 Å². The average molecular weight is 416 g/mol. The van der Waals surface area contributed by atoms with Gasteiger partial charge in [0.15, 0.2) is 0 Å². The summed E-state index contributed by atoms with van der Waals surface area (Å²) < 4.78 is 17.1. The van der Waals surface area contributed by atoms with E-state index in [-0.39, 0.29) is 57.8 Å². The first-order valence-electron chi connectivity index (χ1n) is 2.69. The summed E-state index contributed by atoms with van der Waals surface area (Å²) >= 11 is 0. The molecule has 3 radical (unpaired) electrons. The van der Waals surface area contributed by atoms with Gasteiger partial charge in [0.2, 0.25) is 0 Å². The smallest absolute Gasteiger partial charge is 0.822 e. The van der Waals surface area contributed by atoms with E-state index in [1.54, 1.807) is 0 Å². The molecule has 0 amide bonds. The normalized spacial score (nSPS) is 8.71. The fraction of sp³-hybridized carbons (Fsp3) is 1.00. The van der Waals surface area contributed by atoms with Crippen LogP contribution in [0, 0.1) is 0 Å². The van der Waals surface area contributed by atoms with Crippen molar-refractivity contribution in [1.29, 1.82) is 0 Å². The summed E-state index contributed by atoms with van der Waals surface area (Å²) in [5.74, 6) is 0. The van der Waals surface area contributed by atoms with Crippen LogP contribution < -0.4 is 35.1 Å². The summed E-state index contributed by atoms with van der Waals surface area (Å²) in [7, 11) is -10.8. The van der Waals surface area contributed by atoms with Crippen molar-refractivity contribution < 1.29 is 94.8 Å². The summed E-state index contributed by atoms with van der Waals surface area (Å²) in [4.78, 5) is 51.3. The van der Waals surface area contributed by atoms with Gasteiger partial charge < -0.3 is 49.3 Å². The Kier molecular flexibility index (Phi) is 42.8. The molecule has 15 heteroatoms. The number of nitrogens with two attached hydrogens (primary N) is 1. The second kappa shape index (κ2) is 20.0. The van der Waals surface area contributed by atoms with Crippen LogP contribution in [0.2, 0.25) is 0 Å². The van der Waals surface area contributed by atoms with Crippen LogP contribution in [-0.2, 0) is 60.3 Å². The molecule has 10 nitrogen and oxygen atoms in total. The van der Waals surface area contributed by atoms with Gasteiger partial charge in [0.25, 0.3) is 0 Å². The Morgan fingerprint density at radius 1 is 0.824 bits per heavy atom. The summed E-state index contributed by atoms with van der Waals surface area (Å²) in [5.41, 5.74) is 4.78. The first-order valence-corrected chi connectivity index (χ1v) is 5.61. The Hall–Kier alpha value is 1.70. The van der Waals surface area contributed by atoms with Gasteiger partial charge in [0, 0.05) is 6.54 Å². The minimum Gasteiger partial charge on any atom is -0.822 e. The van der Waals surface area contributed by atoms with Crippen molar-refractivity contribution in [2.45, 2.75) is 0 Å².